The second-order valence-electron chi connectivity index (χ2n) is 6.59. The average Bonchev–Trinajstić information content (AvgIpc) is 2.57. The first kappa shape index (κ1) is 22.1. The molecule has 0 bridgehead atoms. The van der Waals surface area contributed by atoms with Crippen molar-refractivity contribution >= 4 is 6.29 Å². The maximum absolute atomic E-state index is 10.2. The van der Waals surface area contributed by atoms with Gasteiger partial charge in [-0.2, -0.15) is 0 Å². The van der Waals surface area contributed by atoms with Crippen molar-refractivity contribution in [1.82, 2.24) is 0 Å². The summed E-state index contributed by atoms with van der Waals surface area (Å²) in [6.07, 6.45) is 30.6. The van der Waals surface area contributed by atoms with Crippen molar-refractivity contribution in [3.8, 4) is 0 Å². The van der Waals surface area contributed by atoms with E-state index in [4.69, 9.17) is 0 Å². The van der Waals surface area contributed by atoms with Crippen LogP contribution >= 0.6 is 0 Å². The van der Waals surface area contributed by atoms with Crippen LogP contribution in [-0.2, 0) is 4.79 Å². The van der Waals surface area contributed by atoms with Crippen molar-refractivity contribution < 1.29 is 4.79 Å². The van der Waals surface area contributed by atoms with Gasteiger partial charge in [0.05, 0.1) is 0 Å². The molecule has 1 nitrogen and oxygen atoms in total. The topological polar surface area (TPSA) is 17.1 Å². The average molecular weight is 321 g/mol. The molecule has 0 aromatic rings. The second-order valence-corrected chi connectivity index (χ2v) is 6.59. The van der Waals surface area contributed by atoms with Crippen LogP contribution in [-0.4, -0.2) is 6.29 Å². The molecule has 0 radical (unpaired) electrons. The Labute approximate surface area is 145 Å². The Morgan fingerprint density at radius 2 is 0.870 bits per heavy atom. The predicted molar refractivity (Wildman–Crippen MR) is 104 cm³/mol. The van der Waals surface area contributed by atoms with Crippen molar-refractivity contribution in [1.29, 1.82) is 0 Å². The van der Waals surface area contributed by atoms with Crippen molar-refractivity contribution in [3.63, 3.8) is 0 Å². The molecule has 0 aromatic heterocycles. The van der Waals surface area contributed by atoms with E-state index in [9.17, 15) is 4.79 Å². The largest absolute Gasteiger partial charge is 0.303 e. The van der Waals surface area contributed by atoms with Crippen LogP contribution in [0, 0.1) is 0 Å². The highest BCUT2D eigenvalue weighted by molar-refractivity contribution is 5.48. The van der Waals surface area contributed by atoms with Gasteiger partial charge in [-0.05, 0) is 38.5 Å². The van der Waals surface area contributed by atoms with Gasteiger partial charge in [-0.15, -0.1) is 0 Å². The molecule has 0 fully saturated rings. The zero-order chi connectivity index (χ0) is 16.8. The summed E-state index contributed by atoms with van der Waals surface area (Å²) in [5, 5.41) is 0. The van der Waals surface area contributed by atoms with E-state index < -0.39 is 0 Å². The fourth-order valence-corrected chi connectivity index (χ4v) is 2.73. The number of hydrogen-bond donors (Lipinski definition) is 0. The highest BCUT2D eigenvalue weighted by Gasteiger charge is 1.92. The van der Waals surface area contributed by atoms with Crippen LogP contribution in [0.25, 0.3) is 0 Å². The van der Waals surface area contributed by atoms with Gasteiger partial charge in [0.25, 0.3) is 0 Å². The zero-order valence-electron chi connectivity index (χ0n) is 15.6. The van der Waals surface area contributed by atoms with Gasteiger partial charge in [0.2, 0.25) is 0 Å². The Balaban J connectivity index is 3.08. The maximum atomic E-state index is 10.2. The fraction of sp³-hybridized carbons (Fsp3) is 0.773. The van der Waals surface area contributed by atoms with E-state index in [0.717, 1.165) is 19.1 Å². The standard InChI is InChI=1S/C22H40O/c1-2-3-4-5-6-7-8-9-10-11-12-13-14-15-16-17-18-19-20-21-22-23/h4-5,8-9,22H,2-3,6-7,10-21H2,1H3/b5-4+,9-8+. The summed E-state index contributed by atoms with van der Waals surface area (Å²) in [6.45, 7) is 2.22. The number of carbonyl (C=O) groups excluding carboxylic acids is 1. The molecule has 0 saturated heterocycles. The van der Waals surface area contributed by atoms with E-state index >= 15 is 0 Å². The Morgan fingerprint density at radius 1 is 0.478 bits per heavy atom. The summed E-state index contributed by atoms with van der Waals surface area (Å²) in [4.78, 5) is 10.2. The van der Waals surface area contributed by atoms with Crippen molar-refractivity contribution in [2.45, 2.75) is 110 Å². The van der Waals surface area contributed by atoms with Crippen molar-refractivity contribution in [3.05, 3.63) is 24.3 Å². The molecule has 0 saturated carbocycles. The lowest BCUT2D eigenvalue weighted by Crippen LogP contribution is -1.82. The molecule has 134 valence electrons. The number of rotatable bonds is 18. The Kier molecular flexibility index (Phi) is 20.4. The molecule has 0 unspecified atom stereocenters. The quantitative estimate of drug-likeness (QED) is 0.145. The first-order chi connectivity index (χ1) is 11.4. The predicted octanol–water partition coefficient (Wildman–Crippen LogP) is 7.56. The van der Waals surface area contributed by atoms with E-state index in [1.807, 2.05) is 0 Å². The van der Waals surface area contributed by atoms with Crippen LogP contribution in [0.3, 0.4) is 0 Å². The lowest BCUT2D eigenvalue weighted by Gasteiger charge is -2.01. The van der Waals surface area contributed by atoms with Crippen LogP contribution < -0.4 is 0 Å². The Hall–Kier alpha value is -0.850. The summed E-state index contributed by atoms with van der Waals surface area (Å²) < 4.78 is 0. The molecule has 0 N–H and O–H groups in total. The van der Waals surface area contributed by atoms with Crippen LogP contribution in [0.5, 0.6) is 0 Å². The molecule has 23 heavy (non-hydrogen) atoms. The third kappa shape index (κ3) is 21.1. The van der Waals surface area contributed by atoms with E-state index in [0.29, 0.717) is 0 Å². The van der Waals surface area contributed by atoms with Gasteiger partial charge in [0.1, 0.15) is 6.29 Å². The highest BCUT2D eigenvalue weighted by Crippen LogP contribution is 2.12. The SMILES string of the molecule is CCC/C=C/CC/C=C/CCCCCCCCCCCCC=O. The summed E-state index contributed by atoms with van der Waals surface area (Å²) in [6, 6.07) is 0. The minimum atomic E-state index is 0.754. The number of unbranched alkanes of at least 4 members (excludes halogenated alkanes) is 13. The monoisotopic (exact) mass is 320 g/mol. The smallest absolute Gasteiger partial charge is 0.119 e. The molecular formula is C22H40O. The molecule has 0 rings (SSSR count). The van der Waals surface area contributed by atoms with Crippen LogP contribution in [0.4, 0.5) is 0 Å². The molecule has 0 aliphatic carbocycles. The molecule has 0 amide bonds. The minimum Gasteiger partial charge on any atom is -0.303 e. The van der Waals surface area contributed by atoms with Gasteiger partial charge in [-0.25, -0.2) is 0 Å². The molecular weight excluding hydrogens is 280 g/mol. The lowest BCUT2D eigenvalue weighted by atomic mass is 10.1. The van der Waals surface area contributed by atoms with Gasteiger partial charge < -0.3 is 4.79 Å². The van der Waals surface area contributed by atoms with Gasteiger partial charge in [-0.1, -0.05) is 89.0 Å². The van der Waals surface area contributed by atoms with Crippen LogP contribution in [0.1, 0.15) is 110 Å². The minimum absolute atomic E-state index is 0.754. The molecule has 0 aliphatic heterocycles. The van der Waals surface area contributed by atoms with Crippen LogP contribution in [0.15, 0.2) is 24.3 Å². The number of allylic oxidation sites excluding steroid dienone is 4. The number of carbonyl (C=O) groups is 1. The summed E-state index contributed by atoms with van der Waals surface area (Å²) in [7, 11) is 0. The highest BCUT2D eigenvalue weighted by atomic mass is 16.1. The third-order valence-corrected chi connectivity index (χ3v) is 4.23. The van der Waals surface area contributed by atoms with E-state index in [-0.39, 0.29) is 0 Å². The molecule has 0 aliphatic rings. The number of hydrogen-bond acceptors (Lipinski definition) is 1. The third-order valence-electron chi connectivity index (χ3n) is 4.23. The Morgan fingerprint density at radius 3 is 1.35 bits per heavy atom. The van der Waals surface area contributed by atoms with E-state index in [1.54, 1.807) is 0 Å². The summed E-state index contributed by atoms with van der Waals surface area (Å²) >= 11 is 0. The summed E-state index contributed by atoms with van der Waals surface area (Å²) in [5.41, 5.74) is 0. The van der Waals surface area contributed by atoms with Crippen molar-refractivity contribution in [2.24, 2.45) is 0 Å². The molecule has 0 aromatic carbocycles. The molecule has 1 heteroatoms. The van der Waals surface area contributed by atoms with Gasteiger partial charge in [0.15, 0.2) is 0 Å². The molecule has 0 spiro atoms. The van der Waals surface area contributed by atoms with Gasteiger partial charge in [-0.3, -0.25) is 0 Å². The normalized spacial score (nSPS) is 11.7. The second kappa shape index (κ2) is 21.1. The van der Waals surface area contributed by atoms with E-state index in [1.165, 1.54) is 89.9 Å². The Bertz CT molecular complexity index is 278. The fourth-order valence-electron chi connectivity index (χ4n) is 2.73. The van der Waals surface area contributed by atoms with E-state index in [2.05, 4.69) is 31.2 Å². The van der Waals surface area contributed by atoms with Gasteiger partial charge in [0, 0.05) is 6.42 Å². The zero-order valence-corrected chi connectivity index (χ0v) is 15.6. The van der Waals surface area contributed by atoms with Crippen LogP contribution in [0.2, 0.25) is 0 Å². The molecule has 0 atom stereocenters. The maximum Gasteiger partial charge on any atom is 0.119 e. The first-order valence-electron chi connectivity index (χ1n) is 10.2. The van der Waals surface area contributed by atoms with Crippen molar-refractivity contribution in [2.75, 3.05) is 0 Å². The summed E-state index contributed by atoms with van der Waals surface area (Å²) in [5.74, 6) is 0. The number of aldehydes is 1. The lowest BCUT2D eigenvalue weighted by molar-refractivity contribution is -0.107. The first-order valence-corrected chi connectivity index (χ1v) is 10.2. The van der Waals surface area contributed by atoms with Gasteiger partial charge >= 0.3 is 0 Å². The molecule has 0 heterocycles.